The molecular weight excluding hydrogens is 312 g/mol. The van der Waals surface area contributed by atoms with Gasteiger partial charge in [-0.15, -0.1) is 0 Å². The van der Waals surface area contributed by atoms with Crippen molar-refractivity contribution in [2.45, 2.75) is 24.8 Å². The summed E-state index contributed by atoms with van der Waals surface area (Å²) in [6.07, 6.45) is -6.37. The van der Waals surface area contributed by atoms with E-state index < -0.39 is 45.2 Å². The Labute approximate surface area is 118 Å². The number of nitrogens with two attached hydrogens (primary N) is 1. The summed E-state index contributed by atoms with van der Waals surface area (Å²) in [5, 5.41) is 18.3. The minimum absolute atomic E-state index is 0.0365. The average Bonchev–Trinajstić information content (AvgIpc) is 2.73. The van der Waals surface area contributed by atoms with Crippen molar-refractivity contribution in [1.29, 1.82) is 0 Å². The van der Waals surface area contributed by atoms with Crippen molar-refractivity contribution in [3.8, 4) is 0 Å². The summed E-state index contributed by atoms with van der Waals surface area (Å²) in [4.78, 5) is 28.5. The van der Waals surface area contributed by atoms with Gasteiger partial charge < -0.3 is 25.6 Å². The number of nitrogen functional groups attached to an aromatic ring is 1. The van der Waals surface area contributed by atoms with E-state index in [2.05, 4.69) is 14.5 Å². The van der Waals surface area contributed by atoms with Crippen LogP contribution in [0.2, 0.25) is 0 Å². The molecule has 0 saturated carbocycles. The Balaban J connectivity index is 2.10. The highest BCUT2D eigenvalue weighted by molar-refractivity contribution is 7.45. The number of ether oxygens (including phenoxy) is 1. The number of hydrogen-bond acceptors (Lipinski definition) is 9. The smallest absolute Gasteiger partial charge is 0.351 e. The predicted octanol–water partition coefficient (Wildman–Crippen LogP) is -1.42. The Morgan fingerprint density at radius 3 is 2.95 bits per heavy atom. The molecule has 1 aliphatic rings. The molecule has 0 radical (unpaired) electrons. The molecule has 2 rings (SSSR count). The van der Waals surface area contributed by atoms with Crippen molar-refractivity contribution in [2.75, 3.05) is 12.1 Å². The maximum atomic E-state index is 13.8. The van der Waals surface area contributed by atoms with Gasteiger partial charge in [-0.3, -0.25) is 4.57 Å². The lowest BCUT2D eigenvalue weighted by molar-refractivity contribution is -0.328. The average molecular weight is 325 g/mol. The second-order valence-electron chi connectivity index (χ2n) is 4.04. The lowest BCUT2D eigenvalue weighted by Crippen LogP contribution is -2.34. The van der Waals surface area contributed by atoms with Crippen LogP contribution in [0, 0.1) is 0 Å². The third-order valence-corrected chi connectivity index (χ3v) is 3.12. The van der Waals surface area contributed by atoms with Crippen LogP contribution < -0.4 is 11.4 Å². The molecule has 2 heterocycles. The summed E-state index contributed by atoms with van der Waals surface area (Å²) in [5.41, 5.74) is 4.48. The molecule has 0 amide bonds. The molecule has 118 valence electrons. The zero-order valence-electron chi connectivity index (χ0n) is 10.4. The quantitative estimate of drug-likeness (QED) is 0.290. The zero-order valence-corrected chi connectivity index (χ0v) is 11.3. The molecule has 2 unspecified atom stereocenters. The van der Waals surface area contributed by atoms with Crippen molar-refractivity contribution >= 4 is 14.2 Å². The van der Waals surface area contributed by atoms with Crippen LogP contribution in [-0.4, -0.2) is 49.6 Å². The summed E-state index contributed by atoms with van der Waals surface area (Å²) in [5.74, 6) is -0.0365. The summed E-state index contributed by atoms with van der Waals surface area (Å²) < 4.78 is 24.0. The lowest BCUT2D eigenvalue weighted by atomic mass is 10.2. The Hall–Kier alpha value is -1.20. The third kappa shape index (κ3) is 3.52. The van der Waals surface area contributed by atoms with E-state index in [-0.39, 0.29) is 5.82 Å². The fraction of sp³-hybridized carbons (Fsp3) is 0.556. The van der Waals surface area contributed by atoms with Crippen LogP contribution in [-0.2, 0) is 14.3 Å². The van der Waals surface area contributed by atoms with Gasteiger partial charge in [-0.25, -0.2) is 9.18 Å². The molecule has 0 spiro atoms. The number of nitrogens with zero attached hydrogens (tertiary/aromatic N) is 2. The number of aliphatic hydroxyl groups excluding tert-OH is 2. The largest absolute Gasteiger partial charge is 0.387 e. The molecule has 1 aromatic rings. The topological polar surface area (TPSA) is 149 Å². The van der Waals surface area contributed by atoms with Gasteiger partial charge in [-0.2, -0.15) is 14.5 Å². The van der Waals surface area contributed by atoms with Gasteiger partial charge >= 0.3 is 5.69 Å². The predicted molar refractivity (Wildman–Crippen MR) is 66.1 cm³/mol. The van der Waals surface area contributed by atoms with Gasteiger partial charge in [0, 0.05) is 6.20 Å². The van der Waals surface area contributed by atoms with Crippen molar-refractivity contribution < 1.29 is 33.8 Å². The van der Waals surface area contributed by atoms with Gasteiger partial charge in [-0.05, 0) is 6.07 Å². The Bertz CT molecular complexity index is 546. The molecule has 12 heteroatoms. The molecule has 5 N–H and O–H groups in total. The molecule has 0 aromatic carbocycles. The van der Waals surface area contributed by atoms with E-state index in [0.29, 0.717) is 0 Å². The van der Waals surface area contributed by atoms with E-state index in [0.717, 1.165) is 4.57 Å². The van der Waals surface area contributed by atoms with Gasteiger partial charge in [0.25, 0.3) is 0 Å². The number of anilines is 1. The van der Waals surface area contributed by atoms with Crippen LogP contribution in [0.1, 0.15) is 6.23 Å². The van der Waals surface area contributed by atoms with E-state index in [4.69, 9.17) is 20.5 Å². The van der Waals surface area contributed by atoms with E-state index in [1.165, 1.54) is 12.3 Å². The summed E-state index contributed by atoms with van der Waals surface area (Å²) >= 11 is 0. The number of halogens is 1. The second-order valence-corrected chi connectivity index (χ2v) is 5.17. The monoisotopic (exact) mass is 325 g/mol. The van der Waals surface area contributed by atoms with Crippen LogP contribution in [0.25, 0.3) is 0 Å². The van der Waals surface area contributed by atoms with Gasteiger partial charge in [0.2, 0.25) is 14.7 Å². The van der Waals surface area contributed by atoms with Crippen LogP contribution in [0.15, 0.2) is 17.1 Å². The second kappa shape index (κ2) is 6.71. The summed E-state index contributed by atoms with van der Waals surface area (Å²) in [6, 6.07) is 1.27. The van der Waals surface area contributed by atoms with Crippen molar-refractivity contribution in [3.05, 3.63) is 22.7 Å². The fourth-order valence-corrected chi connectivity index (χ4v) is 1.88. The molecule has 10 nitrogen and oxygen atoms in total. The molecule has 1 aliphatic heterocycles. The maximum Gasteiger partial charge on any atom is 0.351 e. The van der Waals surface area contributed by atoms with Gasteiger partial charge in [0.1, 0.15) is 18.3 Å². The minimum atomic E-state index is -2.30. The first-order valence-corrected chi connectivity index (χ1v) is 7.06. The zero-order chi connectivity index (χ0) is 15.6. The Morgan fingerprint density at radius 2 is 2.33 bits per heavy atom. The van der Waals surface area contributed by atoms with Crippen LogP contribution in [0.3, 0.4) is 0 Å². The Morgan fingerprint density at radius 1 is 1.62 bits per heavy atom. The first kappa shape index (κ1) is 16.2. The third-order valence-electron chi connectivity index (χ3n) is 2.62. The number of rotatable bonds is 5. The lowest BCUT2D eigenvalue weighted by Gasteiger charge is -2.16. The number of aliphatic hydroxyl groups is 2. The van der Waals surface area contributed by atoms with Crippen LogP contribution >= 0.6 is 8.38 Å². The Kier molecular flexibility index (Phi) is 5.17. The van der Waals surface area contributed by atoms with Crippen LogP contribution in [0.5, 0.6) is 0 Å². The van der Waals surface area contributed by atoms with E-state index in [9.17, 15) is 14.3 Å². The molecule has 0 bridgehead atoms. The normalized spacial score (nSPS) is 30.5. The van der Waals surface area contributed by atoms with Gasteiger partial charge in [0.15, 0.2) is 12.4 Å². The molecular formula is C9H13FN3O7P. The highest BCUT2D eigenvalue weighted by Crippen LogP contribution is 2.36. The highest BCUT2D eigenvalue weighted by Gasteiger charge is 2.47. The van der Waals surface area contributed by atoms with E-state index in [1.807, 2.05) is 0 Å². The van der Waals surface area contributed by atoms with Crippen molar-refractivity contribution in [2.24, 2.45) is 0 Å². The number of aromatic nitrogens is 2. The first-order valence-electron chi connectivity index (χ1n) is 5.67. The fourth-order valence-electron chi connectivity index (χ4n) is 1.65. The molecule has 5 atom stereocenters. The molecule has 21 heavy (non-hydrogen) atoms. The number of alkyl halides is 1. The van der Waals surface area contributed by atoms with Crippen LogP contribution in [0.4, 0.5) is 10.2 Å². The van der Waals surface area contributed by atoms with Gasteiger partial charge in [0.05, 0.1) is 0 Å². The van der Waals surface area contributed by atoms with Crippen molar-refractivity contribution in [1.82, 2.24) is 9.55 Å². The van der Waals surface area contributed by atoms with E-state index in [1.54, 1.807) is 0 Å². The number of hydrogen-bond donors (Lipinski definition) is 4. The van der Waals surface area contributed by atoms with Gasteiger partial charge in [-0.1, -0.05) is 0 Å². The first-order chi connectivity index (χ1) is 9.93. The molecule has 1 saturated heterocycles. The SMILES string of the molecule is Nc1ccn([C@@H]2O[C@H](OOP(O)CO)[C@H](F)C2O)c(=O)n1. The molecule has 1 aromatic heterocycles. The minimum Gasteiger partial charge on any atom is -0.387 e. The standard InChI is InChI=1S/C9H13FN3O7P/c10-5-6(15)7(13-2-1-4(11)12-9(13)16)18-8(5)19-20-21(17)3-14/h1-2,5-8,14-15,17H,3H2,(H2,11,12,16)/t5-,6?,7-,8-,21?/m1/s1. The van der Waals surface area contributed by atoms with Crippen molar-refractivity contribution in [3.63, 3.8) is 0 Å². The summed E-state index contributed by atoms with van der Waals surface area (Å²) in [6.45, 7) is 0. The van der Waals surface area contributed by atoms with E-state index >= 15 is 0 Å². The molecule has 1 fully saturated rings. The maximum absolute atomic E-state index is 13.8. The molecule has 0 aliphatic carbocycles. The summed E-state index contributed by atoms with van der Waals surface area (Å²) in [7, 11) is -2.30. The highest BCUT2D eigenvalue weighted by atomic mass is 31.2.